The number of carbonyl (C=O) groups is 2. The Balaban J connectivity index is 1.45. The van der Waals surface area contributed by atoms with Crippen molar-refractivity contribution in [2.45, 2.75) is 50.4 Å². The molecule has 1 aliphatic carbocycles. The third kappa shape index (κ3) is 5.05. The Kier molecular flexibility index (Phi) is 5.97. The minimum atomic E-state index is -4.66. The summed E-state index contributed by atoms with van der Waals surface area (Å²) in [6, 6.07) is -0.881. The number of aromatic nitrogens is 2. The Labute approximate surface area is 186 Å². The molecule has 1 saturated heterocycles. The Morgan fingerprint density at radius 2 is 1.97 bits per heavy atom. The van der Waals surface area contributed by atoms with Crippen LogP contribution in [0.3, 0.4) is 0 Å². The number of alkyl halides is 5. The minimum absolute atomic E-state index is 0.0215. The zero-order valence-corrected chi connectivity index (χ0v) is 17.5. The molecule has 2 aliphatic heterocycles. The number of likely N-dealkylation sites (tertiary alicyclic amines) is 1. The van der Waals surface area contributed by atoms with E-state index in [0.29, 0.717) is 5.57 Å². The van der Waals surface area contributed by atoms with E-state index in [1.54, 1.807) is 18.2 Å². The van der Waals surface area contributed by atoms with Crippen LogP contribution in [0.25, 0.3) is 5.57 Å². The van der Waals surface area contributed by atoms with Gasteiger partial charge < -0.3 is 15.5 Å². The van der Waals surface area contributed by atoms with Crippen LogP contribution in [-0.2, 0) is 28.7 Å². The van der Waals surface area contributed by atoms with Gasteiger partial charge in [0.05, 0.1) is 18.8 Å². The molecule has 0 bridgehead atoms. The first-order valence-electron chi connectivity index (χ1n) is 10.5. The lowest BCUT2D eigenvalue weighted by Gasteiger charge is -2.34. The Morgan fingerprint density at radius 1 is 1.24 bits per heavy atom. The first-order valence-corrected chi connectivity index (χ1v) is 10.5. The molecule has 1 aromatic rings. The number of piperidine rings is 1. The summed E-state index contributed by atoms with van der Waals surface area (Å²) in [4.78, 5) is 34.9. The Bertz CT molecular complexity index is 1040. The molecule has 12 heteroatoms. The summed E-state index contributed by atoms with van der Waals surface area (Å²) in [5, 5.41) is 0. The van der Waals surface area contributed by atoms with Crippen molar-refractivity contribution in [2.24, 2.45) is 5.73 Å². The first-order chi connectivity index (χ1) is 15.4. The van der Waals surface area contributed by atoms with E-state index in [0.717, 1.165) is 4.90 Å². The summed E-state index contributed by atoms with van der Waals surface area (Å²) in [6.45, 7) is -1.06. The lowest BCUT2D eigenvalue weighted by molar-refractivity contribution is -0.148. The van der Waals surface area contributed by atoms with Gasteiger partial charge in [0.25, 0.3) is 5.92 Å². The van der Waals surface area contributed by atoms with Crippen LogP contribution >= 0.6 is 0 Å². The van der Waals surface area contributed by atoms with Gasteiger partial charge in [0.2, 0.25) is 11.8 Å². The van der Waals surface area contributed by atoms with Gasteiger partial charge in [0, 0.05) is 49.5 Å². The number of nitrogens with zero attached hydrogens (tertiary/aromatic N) is 4. The van der Waals surface area contributed by atoms with Crippen LogP contribution in [0.4, 0.5) is 22.0 Å². The predicted octanol–water partition coefficient (Wildman–Crippen LogP) is 2.31. The minimum Gasteiger partial charge on any atom is -0.336 e. The molecule has 0 spiro atoms. The molecular weight excluding hydrogens is 449 g/mol. The van der Waals surface area contributed by atoms with Crippen molar-refractivity contribution in [3.8, 4) is 0 Å². The topological polar surface area (TPSA) is 92.4 Å². The van der Waals surface area contributed by atoms with E-state index in [2.05, 4.69) is 9.97 Å². The third-order valence-corrected chi connectivity index (χ3v) is 5.87. The van der Waals surface area contributed by atoms with Crippen LogP contribution in [-0.4, -0.2) is 63.2 Å². The molecule has 2 amide bonds. The molecule has 0 saturated carbocycles. The highest BCUT2D eigenvalue weighted by Gasteiger charge is 2.41. The van der Waals surface area contributed by atoms with Gasteiger partial charge in [-0.3, -0.25) is 9.59 Å². The van der Waals surface area contributed by atoms with E-state index in [9.17, 15) is 31.5 Å². The van der Waals surface area contributed by atoms with Crippen LogP contribution in [0.1, 0.15) is 42.0 Å². The van der Waals surface area contributed by atoms with Crippen LogP contribution in [0.2, 0.25) is 0 Å². The molecule has 178 valence electrons. The van der Waals surface area contributed by atoms with Gasteiger partial charge in [-0.1, -0.05) is 18.2 Å². The average Bonchev–Trinajstić information content (AvgIpc) is 2.67. The molecule has 1 atom stereocenters. The summed E-state index contributed by atoms with van der Waals surface area (Å²) < 4.78 is 67.9. The zero-order valence-electron chi connectivity index (χ0n) is 17.5. The average molecular weight is 471 g/mol. The van der Waals surface area contributed by atoms with E-state index in [1.165, 1.54) is 4.90 Å². The first kappa shape index (κ1) is 23.3. The van der Waals surface area contributed by atoms with E-state index >= 15 is 0 Å². The number of hydrogen-bond donors (Lipinski definition) is 1. The maximum atomic E-state index is 13.6. The second kappa shape index (κ2) is 8.47. The van der Waals surface area contributed by atoms with Crippen molar-refractivity contribution in [1.29, 1.82) is 0 Å². The van der Waals surface area contributed by atoms with Crippen molar-refractivity contribution < 1.29 is 31.5 Å². The van der Waals surface area contributed by atoms with Gasteiger partial charge >= 0.3 is 6.18 Å². The van der Waals surface area contributed by atoms with Crippen LogP contribution in [0, 0.1) is 0 Å². The van der Waals surface area contributed by atoms with Gasteiger partial charge in [-0.05, 0) is 6.42 Å². The number of rotatable bonds is 5. The fraction of sp³-hybridized carbons (Fsp3) is 0.524. The summed E-state index contributed by atoms with van der Waals surface area (Å²) in [5.41, 5.74) is 5.50. The second-order valence-electron chi connectivity index (χ2n) is 8.46. The van der Waals surface area contributed by atoms with E-state index in [-0.39, 0.29) is 56.0 Å². The highest BCUT2D eigenvalue weighted by atomic mass is 19.4. The molecule has 4 rings (SSSR count). The predicted molar refractivity (Wildman–Crippen MR) is 107 cm³/mol. The van der Waals surface area contributed by atoms with Gasteiger partial charge in [-0.25, -0.2) is 18.7 Å². The number of nitrogens with two attached hydrogens (primary N) is 1. The molecule has 33 heavy (non-hydrogen) atoms. The van der Waals surface area contributed by atoms with E-state index in [4.69, 9.17) is 5.73 Å². The number of halogens is 5. The van der Waals surface area contributed by atoms with Gasteiger partial charge in [0.15, 0.2) is 11.5 Å². The number of hydrogen-bond acceptors (Lipinski definition) is 5. The molecule has 3 aliphatic rings. The molecule has 7 nitrogen and oxygen atoms in total. The number of allylic oxidation sites excluding steroid dienone is 4. The molecule has 0 unspecified atom stereocenters. The largest absolute Gasteiger partial charge is 0.433 e. The van der Waals surface area contributed by atoms with Gasteiger partial charge in [-0.2, -0.15) is 13.2 Å². The molecule has 1 aromatic heterocycles. The normalized spacial score (nSPS) is 20.8. The van der Waals surface area contributed by atoms with E-state index < -0.39 is 48.6 Å². The van der Waals surface area contributed by atoms with Crippen molar-refractivity contribution in [2.75, 3.05) is 19.6 Å². The Morgan fingerprint density at radius 3 is 2.61 bits per heavy atom. The molecule has 3 heterocycles. The van der Waals surface area contributed by atoms with Crippen LogP contribution in [0.15, 0.2) is 18.2 Å². The smallest absolute Gasteiger partial charge is 0.336 e. The van der Waals surface area contributed by atoms with Crippen molar-refractivity contribution >= 4 is 17.4 Å². The quantitative estimate of drug-likeness (QED) is 0.666. The van der Waals surface area contributed by atoms with Crippen molar-refractivity contribution in [3.05, 3.63) is 41.0 Å². The summed E-state index contributed by atoms with van der Waals surface area (Å²) in [7, 11) is 0. The number of amides is 2. The lowest BCUT2D eigenvalue weighted by atomic mass is 10.00. The monoisotopic (exact) mass is 471 g/mol. The lowest BCUT2D eigenvalue weighted by Crippen LogP contribution is -2.51. The number of carbonyl (C=O) groups excluding carboxylic acids is 2. The molecular formula is C21H22F5N5O2. The van der Waals surface area contributed by atoms with Crippen molar-refractivity contribution in [1.82, 2.24) is 19.8 Å². The maximum Gasteiger partial charge on any atom is 0.433 e. The molecule has 1 fully saturated rings. The number of fused-ring (bicyclic) bond motifs is 1. The van der Waals surface area contributed by atoms with Gasteiger partial charge in [-0.15, -0.1) is 0 Å². The Hall–Kier alpha value is -2.89. The van der Waals surface area contributed by atoms with Crippen LogP contribution in [0.5, 0.6) is 0 Å². The fourth-order valence-electron chi connectivity index (χ4n) is 4.11. The zero-order chi connectivity index (χ0) is 24.0. The molecule has 0 radical (unpaired) electrons. The highest BCUT2D eigenvalue weighted by Crippen LogP contribution is 2.35. The van der Waals surface area contributed by atoms with Crippen LogP contribution < -0.4 is 5.73 Å². The van der Waals surface area contributed by atoms with E-state index in [1.807, 2.05) is 0 Å². The van der Waals surface area contributed by atoms with Gasteiger partial charge in [0.1, 0.15) is 0 Å². The third-order valence-electron chi connectivity index (χ3n) is 5.87. The standard InChI is InChI=1S/C21H22F5N5O2/c22-20(23)6-4-16(32)31(11-20)9-13(27)8-17(33)30-7-5-14-15(10-30)28-19(12-2-1-3-12)29-18(14)21(24,25)26/h1-3,13H,4-11,27H2/t13-/m1/s1. The highest BCUT2D eigenvalue weighted by molar-refractivity contribution is 5.79. The SMILES string of the molecule is N[C@H](CC(=O)N1CCc2c(nc(C3=CC=C3)nc2C(F)(F)F)C1)CN1CC(F)(F)CCC1=O. The summed E-state index contributed by atoms with van der Waals surface area (Å²) >= 11 is 0. The fourth-order valence-corrected chi connectivity index (χ4v) is 4.11. The van der Waals surface area contributed by atoms with Crippen molar-refractivity contribution in [3.63, 3.8) is 0 Å². The summed E-state index contributed by atoms with van der Waals surface area (Å²) in [5.74, 6) is -3.94. The second-order valence-corrected chi connectivity index (χ2v) is 8.46. The summed E-state index contributed by atoms with van der Waals surface area (Å²) in [6.07, 6.45) is -0.916. The maximum absolute atomic E-state index is 13.6. The molecule has 2 N–H and O–H groups in total. The molecule has 0 aromatic carbocycles.